The van der Waals surface area contributed by atoms with Gasteiger partial charge in [-0.15, -0.1) is 0 Å². The van der Waals surface area contributed by atoms with Gasteiger partial charge in [0.1, 0.15) is 48.0 Å². The van der Waals surface area contributed by atoms with Gasteiger partial charge in [0.2, 0.25) is 5.43 Å². The van der Waals surface area contributed by atoms with Crippen LogP contribution in [0.3, 0.4) is 0 Å². The number of aromatic carboxylic acids is 1. The Morgan fingerprint density at radius 2 is 1.48 bits per heavy atom. The maximum atomic E-state index is 15.5. The number of piperazine rings is 1. The maximum absolute atomic E-state index is 15.5. The van der Waals surface area contributed by atoms with Crippen LogP contribution in [-0.4, -0.2) is 179 Å². The smallest absolute Gasteiger partial charge is 0.341 e. The van der Waals surface area contributed by atoms with E-state index < -0.39 is 109 Å². The monoisotopic (exact) mass is 894 g/mol. The summed E-state index contributed by atoms with van der Waals surface area (Å²) in [6.07, 6.45) is -2.40. The highest BCUT2D eigenvalue weighted by Gasteiger charge is 2.51. The molecule has 15 N–H and O–H groups in total. The minimum absolute atomic E-state index is 0.0481. The number of nitrogens with two attached hydrogens (primary N) is 5. The number of unbranched alkanes of at least 4 members (excludes halogenated alkanes) is 4. The Labute approximate surface area is 365 Å². The van der Waals surface area contributed by atoms with Crippen LogP contribution in [0.2, 0.25) is 0 Å². The number of fused-ring (bicyclic) bond motifs is 1. The molecule has 0 radical (unpaired) electrons. The van der Waals surface area contributed by atoms with E-state index >= 15 is 4.39 Å². The number of halogens is 1. The number of benzene rings is 1. The van der Waals surface area contributed by atoms with Gasteiger partial charge in [-0.1, -0.05) is 19.3 Å². The molecule has 20 nitrogen and oxygen atoms in total. The molecule has 7 rings (SSSR count). The van der Waals surface area contributed by atoms with E-state index in [4.69, 9.17) is 52.4 Å². The van der Waals surface area contributed by atoms with E-state index in [0.717, 1.165) is 58.2 Å². The van der Waals surface area contributed by atoms with Crippen molar-refractivity contribution in [2.75, 3.05) is 57.4 Å². The Balaban J connectivity index is 0.901. The lowest BCUT2D eigenvalue weighted by Gasteiger charge is -2.49. The molecule has 21 heteroatoms. The number of carboxylic acid groups (broad SMARTS) is 1. The third-order valence-electron chi connectivity index (χ3n) is 13.3. The minimum Gasteiger partial charge on any atom is -0.477 e. The standard InChI is InChI=1S/C42H67FN8O12/c43-24-14-22-28(51(21-6-7-21)19-23(34(22)54)40(57)58)17-29(24)50-11-9-49(10-12-50)8-4-2-1-3-5-13-59-39-37(62-41-27(47)16-30(53)31(18-44)60-41)25(45)15-26(46)38(39)63-42-36(56)33(48)35(55)32(20-52)61-42/h14,17,19,21,25-27,30-33,35-39,41-42,52-53,55-56H,1-13,15-16,18,20,44-48H2,(H,57,58)/t25-,26+,27+,30-,31+,32+,33-,35+,36+,37+,38-,39-,41+,42+/m1/s1. The second-order valence-electron chi connectivity index (χ2n) is 17.9. The molecule has 63 heavy (non-hydrogen) atoms. The van der Waals surface area contributed by atoms with Crippen LogP contribution in [0.4, 0.5) is 10.1 Å². The van der Waals surface area contributed by atoms with Crippen molar-refractivity contribution in [2.24, 2.45) is 28.7 Å². The van der Waals surface area contributed by atoms with Crippen molar-refractivity contribution in [3.63, 3.8) is 0 Å². The fraction of sp³-hybridized carbons (Fsp3) is 0.762. The van der Waals surface area contributed by atoms with Crippen molar-refractivity contribution in [2.45, 2.75) is 149 Å². The average Bonchev–Trinajstić information content (AvgIpc) is 4.11. The van der Waals surface area contributed by atoms with E-state index in [1.165, 1.54) is 12.3 Å². The summed E-state index contributed by atoms with van der Waals surface area (Å²) in [5.41, 5.74) is 31.5. The van der Waals surface area contributed by atoms with E-state index in [2.05, 4.69) is 4.90 Å². The predicted octanol–water partition coefficient (Wildman–Crippen LogP) is -2.01. The van der Waals surface area contributed by atoms with Gasteiger partial charge in [0.05, 0.1) is 42.1 Å². The minimum atomic E-state index is -1.45. The zero-order valence-electron chi connectivity index (χ0n) is 35.6. The molecular weight excluding hydrogens is 828 g/mol. The van der Waals surface area contributed by atoms with E-state index in [-0.39, 0.29) is 36.4 Å². The first-order valence-electron chi connectivity index (χ1n) is 22.4. The molecule has 1 aromatic carbocycles. The molecule has 0 amide bonds. The first-order chi connectivity index (χ1) is 30.2. The highest BCUT2D eigenvalue weighted by Crippen LogP contribution is 2.38. The van der Waals surface area contributed by atoms with Crippen molar-refractivity contribution in [3.8, 4) is 0 Å². The predicted molar refractivity (Wildman–Crippen MR) is 227 cm³/mol. The zero-order chi connectivity index (χ0) is 45.1. The summed E-state index contributed by atoms with van der Waals surface area (Å²) >= 11 is 0. The molecule has 0 bridgehead atoms. The van der Waals surface area contributed by atoms with Crippen LogP contribution >= 0.6 is 0 Å². The SMILES string of the molecule is NC[C@@H]1O[C@@H](O[C@@H]2[C@@H](OCCCCCCCN3CCN(c4cc5c(cc4F)c(=O)c(C(=O)O)cn5C4CC4)CC3)[C@H](O[C@@H]3O[C@@H](CO)[C@H](O)[C@@H](N)[C@@H]3O)[C@@H](N)C[C@H]2N)[C@@H](N)C[C@H]1O. The Kier molecular flexibility index (Phi) is 16.1. The fourth-order valence-corrected chi connectivity index (χ4v) is 9.40. The molecular formula is C42H67FN8O12. The molecule has 2 saturated carbocycles. The quantitative estimate of drug-likeness (QED) is 0.0723. The lowest BCUT2D eigenvalue weighted by molar-refractivity contribution is -0.318. The van der Waals surface area contributed by atoms with Crippen LogP contribution in [0.15, 0.2) is 23.1 Å². The van der Waals surface area contributed by atoms with Gasteiger partial charge < -0.3 is 87.4 Å². The molecule has 0 spiro atoms. The number of carboxylic acids is 1. The Morgan fingerprint density at radius 3 is 2.13 bits per heavy atom. The maximum Gasteiger partial charge on any atom is 0.341 e. The molecule has 2 aromatic rings. The first-order valence-corrected chi connectivity index (χ1v) is 22.4. The second-order valence-corrected chi connectivity index (χ2v) is 17.9. The van der Waals surface area contributed by atoms with Crippen LogP contribution < -0.4 is 39.0 Å². The van der Waals surface area contributed by atoms with Crippen LogP contribution in [0.1, 0.15) is 74.2 Å². The van der Waals surface area contributed by atoms with Crippen LogP contribution in [0.5, 0.6) is 0 Å². The molecule has 2 aliphatic carbocycles. The topological polar surface area (TPSA) is 323 Å². The second kappa shape index (κ2) is 21.1. The molecule has 0 unspecified atom stereocenters. The number of carbonyl (C=O) groups is 1. The third kappa shape index (κ3) is 10.8. The Morgan fingerprint density at radius 1 is 0.825 bits per heavy atom. The van der Waals surface area contributed by atoms with Gasteiger partial charge in [-0.2, -0.15) is 0 Å². The average molecular weight is 895 g/mol. The molecule has 4 heterocycles. The van der Waals surface area contributed by atoms with Crippen LogP contribution in [0.25, 0.3) is 10.9 Å². The van der Waals surface area contributed by atoms with Crippen molar-refractivity contribution in [1.29, 1.82) is 0 Å². The van der Waals surface area contributed by atoms with Crippen LogP contribution in [-0.2, 0) is 23.7 Å². The number of nitrogens with zero attached hydrogens (tertiary/aromatic N) is 3. The van der Waals surface area contributed by atoms with Gasteiger partial charge in [-0.05, 0) is 57.2 Å². The van der Waals surface area contributed by atoms with E-state index in [9.17, 15) is 35.1 Å². The number of rotatable bonds is 18. The molecule has 1 aromatic heterocycles. The van der Waals surface area contributed by atoms with E-state index in [0.29, 0.717) is 37.3 Å². The van der Waals surface area contributed by atoms with Crippen molar-refractivity contribution < 1.29 is 58.4 Å². The van der Waals surface area contributed by atoms with Gasteiger partial charge in [-0.3, -0.25) is 9.69 Å². The summed E-state index contributed by atoms with van der Waals surface area (Å²) in [5.74, 6) is -1.86. The number of ether oxygens (including phenoxy) is 5. The highest BCUT2D eigenvalue weighted by atomic mass is 19.1. The molecule has 3 aliphatic heterocycles. The van der Waals surface area contributed by atoms with Gasteiger partial charge in [0, 0.05) is 69.0 Å². The van der Waals surface area contributed by atoms with E-state index in [1.807, 2.05) is 9.47 Å². The van der Waals surface area contributed by atoms with Gasteiger partial charge in [0.15, 0.2) is 12.6 Å². The number of hydrogen-bond acceptors (Lipinski definition) is 18. The lowest BCUT2D eigenvalue weighted by Crippen LogP contribution is -2.68. The lowest BCUT2D eigenvalue weighted by atomic mass is 9.84. The largest absolute Gasteiger partial charge is 0.477 e. The Hall–Kier alpha value is -2.97. The summed E-state index contributed by atoms with van der Waals surface area (Å²) < 4.78 is 48.1. The molecule has 3 saturated heterocycles. The fourth-order valence-electron chi connectivity index (χ4n) is 9.40. The Bertz CT molecular complexity index is 1900. The van der Waals surface area contributed by atoms with Crippen molar-refractivity contribution >= 4 is 22.6 Å². The van der Waals surface area contributed by atoms with Gasteiger partial charge >= 0.3 is 5.97 Å². The van der Waals surface area contributed by atoms with Gasteiger partial charge in [-0.25, -0.2) is 9.18 Å². The highest BCUT2D eigenvalue weighted by molar-refractivity contribution is 5.93. The third-order valence-corrected chi connectivity index (χ3v) is 13.3. The molecule has 5 aliphatic rings. The summed E-state index contributed by atoms with van der Waals surface area (Å²) in [4.78, 5) is 29.0. The number of aliphatic hydroxyl groups excluding tert-OH is 4. The summed E-state index contributed by atoms with van der Waals surface area (Å²) in [7, 11) is 0. The molecule has 14 atom stereocenters. The van der Waals surface area contributed by atoms with E-state index in [1.54, 1.807) is 6.07 Å². The number of aromatic nitrogens is 1. The number of hydrogen-bond donors (Lipinski definition) is 10. The summed E-state index contributed by atoms with van der Waals surface area (Å²) in [6, 6.07) is -0.200. The number of anilines is 1. The number of aliphatic hydroxyl groups is 4. The zero-order valence-corrected chi connectivity index (χ0v) is 35.6. The first kappa shape index (κ1) is 48.0. The van der Waals surface area contributed by atoms with Crippen molar-refractivity contribution in [1.82, 2.24) is 9.47 Å². The van der Waals surface area contributed by atoms with Crippen LogP contribution in [0, 0.1) is 5.82 Å². The number of pyridine rings is 1. The van der Waals surface area contributed by atoms with Crippen molar-refractivity contribution in [3.05, 3.63) is 39.9 Å². The van der Waals surface area contributed by atoms with Gasteiger partial charge in [0.25, 0.3) is 0 Å². The summed E-state index contributed by atoms with van der Waals surface area (Å²) in [5, 5.41) is 51.2. The summed E-state index contributed by atoms with van der Waals surface area (Å²) in [6.45, 7) is 3.39. The normalized spacial score (nSPS) is 35.6. The molecule has 5 fully saturated rings. The molecule has 354 valence electrons.